The molecule has 98 valence electrons. The van der Waals surface area contributed by atoms with Crippen LogP contribution in [0.5, 0.6) is 0 Å². The van der Waals surface area contributed by atoms with Gasteiger partial charge in [0.2, 0.25) is 0 Å². The van der Waals surface area contributed by atoms with Crippen molar-refractivity contribution in [3.05, 3.63) is 33.9 Å². The van der Waals surface area contributed by atoms with E-state index in [1.165, 1.54) is 11.3 Å². The average molecular weight is 274 g/mol. The molecule has 2 heterocycles. The van der Waals surface area contributed by atoms with Crippen LogP contribution in [0, 0.1) is 18.3 Å². The number of hydrogen-bond donors (Lipinski definition) is 2. The van der Waals surface area contributed by atoms with Crippen molar-refractivity contribution in [3.8, 4) is 6.07 Å². The molecule has 19 heavy (non-hydrogen) atoms. The van der Waals surface area contributed by atoms with Gasteiger partial charge < -0.3 is 10.6 Å². The molecular weight excluding hydrogens is 260 g/mol. The van der Waals surface area contributed by atoms with E-state index in [1.54, 1.807) is 0 Å². The number of hydrogen-bond acceptors (Lipinski definition) is 5. The molecule has 1 aromatic rings. The highest BCUT2D eigenvalue weighted by atomic mass is 32.1. The van der Waals surface area contributed by atoms with Crippen molar-refractivity contribution in [1.29, 1.82) is 5.26 Å². The van der Waals surface area contributed by atoms with Crippen LogP contribution in [0.4, 0.5) is 0 Å². The molecule has 0 atom stereocenters. The van der Waals surface area contributed by atoms with Crippen molar-refractivity contribution in [2.45, 2.75) is 13.3 Å². The Bertz CT molecular complexity index is 580. The van der Waals surface area contributed by atoms with Crippen molar-refractivity contribution in [1.82, 2.24) is 15.6 Å². The molecule has 1 amide bonds. The Labute approximate surface area is 115 Å². The van der Waals surface area contributed by atoms with Crippen LogP contribution < -0.4 is 10.6 Å². The summed E-state index contributed by atoms with van der Waals surface area (Å²) in [7, 11) is 0. The summed E-state index contributed by atoms with van der Waals surface area (Å²) < 4.78 is 0. The molecule has 0 aromatic carbocycles. The lowest BCUT2D eigenvalue weighted by molar-refractivity contribution is 0.0958. The van der Waals surface area contributed by atoms with Crippen LogP contribution in [0.1, 0.15) is 26.8 Å². The van der Waals surface area contributed by atoms with E-state index in [-0.39, 0.29) is 5.91 Å². The highest BCUT2D eigenvalue weighted by Gasteiger charge is 2.17. The van der Waals surface area contributed by atoms with Crippen LogP contribution in [-0.4, -0.2) is 24.0 Å². The number of aryl methyl sites for hydroxylation is 1. The normalized spacial score (nSPS) is 13.4. The Balaban J connectivity index is 2.12. The van der Waals surface area contributed by atoms with E-state index in [2.05, 4.69) is 15.6 Å². The summed E-state index contributed by atoms with van der Waals surface area (Å²) in [6, 6.07) is 1.99. The van der Waals surface area contributed by atoms with Crippen LogP contribution in [0.3, 0.4) is 0 Å². The lowest BCUT2D eigenvalue weighted by Crippen LogP contribution is -2.23. The third-order valence-electron chi connectivity index (χ3n) is 2.60. The lowest BCUT2D eigenvalue weighted by atomic mass is 10.2. The maximum atomic E-state index is 11.9. The number of nitriles is 1. The molecule has 0 aliphatic carbocycles. The second kappa shape index (κ2) is 6.16. The molecule has 6 heteroatoms. The number of amides is 1. The first kappa shape index (κ1) is 13.3. The van der Waals surface area contributed by atoms with E-state index in [9.17, 15) is 4.79 Å². The predicted molar refractivity (Wildman–Crippen MR) is 74.5 cm³/mol. The van der Waals surface area contributed by atoms with Crippen molar-refractivity contribution in [2.24, 2.45) is 0 Å². The zero-order chi connectivity index (χ0) is 13.7. The summed E-state index contributed by atoms with van der Waals surface area (Å²) in [5.74, 6) is -0.156. The van der Waals surface area contributed by atoms with Gasteiger partial charge in [-0.25, -0.2) is 4.98 Å². The molecule has 5 nitrogen and oxygen atoms in total. The molecule has 0 bridgehead atoms. The number of aromatic nitrogens is 1. The van der Waals surface area contributed by atoms with Crippen LogP contribution in [0.25, 0.3) is 5.57 Å². The van der Waals surface area contributed by atoms with E-state index < -0.39 is 0 Å². The fourth-order valence-corrected chi connectivity index (χ4v) is 2.67. The Hall–Kier alpha value is -2.13. The minimum atomic E-state index is -0.156. The fraction of sp³-hybridized carbons (Fsp3) is 0.308. The number of rotatable bonds is 4. The minimum Gasteiger partial charge on any atom is -0.387 e. The Kier molecular flexibility index (Phi) is 4.31. The number of allylic oxidation sites excluding steroid dienone is 2. The third kappa shape index (κ3) is 3.20. The topological polar surface area (TPSA) is 77.8 Å². The number of carbonyl (C=O) groups is 1. The molecule has 0 fully saturated rings. The smallest absolute Gasteiger partial charge is 0.263 e. The van der Waals surface area contributed by atoms with Crippen LogP contribution in [0.2, 0.25) is 0 Å². The van der Waals surface area contributed by atoms with E-state index in [0.717, 1.165) is 22.8 Å². The van der Waals surface area contributed by atoms with Gasteiger partial charge in [-0.15, -0.1) is 11.3 Å². The molecule has 0 saturated carbocycles. The standard InChI is InChI=1S/C13H14N4OS/c1-9-11(12(18)16-7-3-5-14)19-13(17-9)10-4-2-6-15-8-10/h2,4,6,15H,3,7-8H2,1H3,(H,16,18). The van der Waals surface area contributed by atoms with Crippen LogP contribution in [0.15, 0.2) is 18.4 Å². The summed E-state index contributed by atoms with van der Waals surface area (Å²) in [6.45, 7) is 2.92. The summed E-state index contributed by atoms with van der Waals surface area (Å²) in [5, 5.41) is 15.1. The largest absolute Gasteiger partial charge is 0.387 e. The van der Waals surface area contributed by atoms with Gasteiger partial charge in [-0.3, -0.25) is 4.79 Å². The van der Waals surface area contributed by atoms with Gasteiger partial charge >= 0.3 is 0 Å². The number of nitrogens with zero attached hydrogens (tertiary/aromatic N) is 2. The van der Waals surface area contributed by atoms with E-state index in [4.69, 9.17) is 5.26 Å². The zero-order valence-electron chi connectivity index (χ0n) is 10.6. The number of thiazole rings is 1. The number of nitrogens with one attached hydrogen (secondary N) is 2. The molecule has 0 radical (unpaired) electrons. The van der Waals surface area contributed by atoms with Crippen molar-refractivity contribution in [3.63, 3.8) is 0 Å². The van der Waals surface area contributed by atoms with Gasteiger partial charge in [-0.2, -0.15) is 5.26 Å². The highest BCUT2D eigenvalue weighted by molar-refractivity contribution is 7.14. The number of carbonyl (C=O) groups excluding carboxylic acids is 1. The lowest BCUT2D eigenvalue weighted by Gasteiger charge is -2.07. The SMILES string of the molecule is Cc1nc(C2=CC=CNC2)sc1C(=O)NCCC#N. The molecule has 1 aliphatic heterocycles. The van der Waals surface area contributed by atoms with Crippen molar-refractivity contribution in [2.75, 3.05) is 13.1 Å². The van der Waals surface area contributed by atoms with Gasteiger partial charge in [0, 0.05) is 18.7 Å². The van der Waals surface area contributed by atoms with Crippen molar-refractivity contribution < 1.29 is 4.79 Å². The van der Waals surface area contributed by atoms with E-state index in [1.807, 2.05) is 31.3 Å². The van der Waals surface area contributed by atoms with E-state index >= 15 is 0 Å². The fourth-order valence-electron chi connectivity index (χ4n) is 1.66. The first-order valence-corrected chi connectivity index (χ1v) is 6.76. The molecule has 2 N–H and O–H groups in total. The van der Waals surface area contributed by atoms with Gasteiger partial charge in [-0.05, 0) is 19.2 Å². The minimum absolute atomic E-state index is 0.156. The highest BCUT2D eigenvalue weighted by Crippen LogP contribution is 2.25. The van der Waals surface area contributed by atoms with Crippen LogP contribution in [-0.2, 0) is 0 Å². The number of dihydropyridines is 1. The summed E-state index contributed by atoms with van der Waals surface area (Å²) in [6.07, 6.45) is 6.10. The maximum Gasteiger partial charge on any atom is 0.263 e. The monoisotopic (exact) mass is 274 g/mol. The summed E-state index contributed by atoms with van der Waals surface area (Å²) in [5.41, 5.74) is 1.80. The maximum absolute atomic E-state index is 11.9. The van der Waals surface area contributed by atoms with E-state index in [0.29, 0.717) is 17.8 Å². The Morgan fingerprint density at radius 3 is 3.21 bits per heavy atom. The first-order chi connectivity index (χ1) is 9.22. The molecule has 0 unspecified atom stereocenters. The Morgan fingerprint density at radius 1 is 1.68 bits per heavy atom. The molecule has 1 aromatic heterocycles. The van der Waals surface area contributed by atoms with Crippen molar-refractivity contribution >= 4 is 22.8 Å². The van der Waals surface area contributed by atoms with Gasteiger partial charge in [0.1, 0.15) is 9.88 Å². The predicted octanol–water partition coefficient (Wildman–Crippen LogP) is 1.60. The second-order valence-corrected chi connectivity index (χ2v) is 5.03. The molecule has 0 spiro atoms. The molecule has 2 rings (SSSR count). The zero-order valence-corrected chi connectivity index (χ0v) is 11.4. The molecule has 1 aliphatic rings. The van der Waals surface area contributed by atoms with Gasteiger partial charge in [0.15, 0.2) is 0 Å². The second-order valence-electron chi connectivity index (χ2n) is 4.03. The molecular formula is C13H14N4OS. The molecule has 0 saturated heterocycles. The quantitative estimate of drug-likeness (QED) is 0.817. The van der Waals surface area contributed by atoms with Gasteiger partial charge in [-0.1, -0.05) is 6.08 Å². The van der Waals surface area contributed by atoms with Gasteiger partial charge in [0.05, 0.1) is 18.2 Å². The average Bonchev–Trinajstić information content (AvgIpc) is 2.82. The Morgan fingerprint density at radius 2 is 2.53 bits per heavy atom. The van der Waals surface area contributed by atoms with Gasteiger partial charge in [0.25, 0.3) is 5.91 Å². The first-order valence-electron chi connectivity index (χ1n) is 5.94. The summed E-state index contributed by atoms with van der Waals surface area (Å²) in [4.78, 5) is 17.0. The third-order valence-corrected chi connectivity index (χ3v) is 3.84. The van der Waals surface area contributed by atoms with Crippen LogP contribution >= 0.6 is 11.3 Å². The summed E-state index contributed by atoms with van der Waals surface area (Å²) >= 11 is 1.38.